The average Bonchev–Trinajstić information content (AvgIpc) is 2.29. The van der Waals surface area contributed by atoms with Gasteiger partial charge in [-0.1, -0.05) is 0 Å². The van der Waals surface area contributed by atoms with Gasteiger partial charge in [0.2, 0.25) is 0 Å². The highest BCUT2D eigenvalue weighted by Crippen LogP contribution is 2.20. The molecule has 0 bridgehead atoms. The first kappa shape index (κ1) is 9.66. The molecule has 0 amide bonds. The van der Waals surface area contributed by atoms with E-state index in [4.69, 9.17) is 5.26 Å². The lowest BCUT2D eigenvalue weighted by Gasteiger charge is -2.27. The smallest absolute Gasteiger partial charge is 0.163 e. The zero-order valence-corrected chi connectivity index (χ0v) is 8.31. The topological polar surface area (TPSA) is 57.0 Å². The predicted molar refractivity (Wildman–Crippen MR) is 55.4 cm³/mol. The molecule has 0 unspecified atom stereocenters. The van der Waals surface area contributed by atoms with Crippen molar-refractivity contribution in [2.24, 2.45) is 0 Å². The SMILES string of the molecule is N#Cc1ncccc1N1CCCC(=O)C1. The van der Waals surface area contributed by atoms with Crippen LogP contribution < -0.4 is 4.90 Å². The minimum Gasteiger partial charge on any atom is -0.362 e. The summed E-state index contributed by atoms with van der Waals surface area (Å²) in [6.45, 7) is 1.23. The molecule has 0 spiro atoms. The first-order valence-electron chi connectivity index (χ1n) is 4.93. The van der Waals surface area contributed by atoms with Crippen LogP contribution in [0.1, 0.15) is 18.5 Å². The molecule has 1 fully saturated rings. The molecule has 0 radical (unpaired) electrons. The van der Waals surface area contributed by atoms with E-state index in [1.165, 1.54) is 0 Å². The summed E-state index contributed by atoms with van der Waals surface area (Å²) in [7, 11) is 0. The van der Waals surface area contributed by atoms with Crippen LogP contribution in [-0.2, 0) is 4.79 Å². The molecule has 2 heterocycles. The summed E-state index contributed by atoms with van der Waals surface area (Å²) in [5.41, 5.74) is 1.17. The van der Waals surface area contributed by atoms with E-state index < -0.39 is 0 Å². The van der Waals surface area contributed by atoms with Crippen LogP contribution in [0.5, 0.6) is 0 Å². The number of anilines is 1. The first-order valence-corrected chi connectivity index (χ1v) is 4.93. The Labute approximate surface area is 88.1 Å². The van der Waals surface area contributed by atoms with E-state index in [0.29, 0.717) is 18.7 Å². The van der Waals surface area contributed by atoms with E-state index >= 15 is 0 Å². The van der Waals surface area contributed by atoms with E-state index in [1.807, 2.05) is 17.0 Å². The maximum absolute atomic E-state index is 11.3. The third-order valence-corrected chi connectivity index (χ3v) is 2.48. The Kier molecular flexibility index (Phi) is 2.64. The van der Waals surface area contributed by atoms with Crippen molar-refractivity contribution in [1.29, 1.82) is 5.26 Å². The molecule has 4 nitrogen and oxygen atoms in total. The van der Waals surface area contributed by atoms with Crippen molar-refractivity contribution in [3.8, 4) is 6.07 Å². The fourth-order valence-electron chi connectivity index (χ4n) is 1.78. The number of aromatic nitrogens is 1. The van der Waals surface area contributed by atoms with Gasteiger partial charge in [-0.25, -0.2) is 4.98 Å². The van der Waals surface area contributed by atoms with Crippen molar-refractivity contribution < 1.29 is 4.79 Å². The maximum atomic E-state index is 11.3. The van der Waals surface area contributed by atoms with Gasteiger partial charge in [0.1, 0.15) is 6.07 Å². The first-order chi connectivity index (χ1) is 7.31. The summed E-state index contributed by atoms with van der Waals surface area (Å²) >= 11 is 0. The quantitative estimate of drug-likeness (QED) is 0.683. The Balaban J connectivity index is 2.29. The van der Waals surface area contributed by atoms with Crippen molar-refractivity contribution in [2.45, 2.75) is 12.8 Å². The predicted octanol–water partition coefficient (Wildman–Crippen LogP) is 1.12. The van der Waals surface area contributed by atoms with E-state index in [2.05, 4.69) is 4.98 Å². The van der Waals surface area contributed by atoms with Gasteiger partial charge in [-0.2, -0.15) is 5.26 Å². The Bertz CT molecular complexity index is 422. The lowest BCUT2D eigenvalue weighted by molar-refractivity contribution is -0.118. The second kappa shape index (κ2) is 4.09. The molecule has 0 N–H and O–H groups in total. The molecule has 1 aliphatic rings. The van der Waals surface area contributed by atoms with Gasteiger partial charge in [0.25, 0.3) is 0 Å². The highest BCUT2D eigenvalue weighted by atomic mass is 16.1. The molecule has 1 aromatic heterocycles. The number of rotatable bonds is 1. The molecule has 1 saturated heterocycles. The molecule has 1 aromatic rings. The molecule has 4 heteroatoms. The molecule has 2 rings (SSSR count). The summed E-state index contributed by atoms with van der Waals surface area (Å²) in [4.78, 5) is 17.2. The number of ketones is 1. The molecule has 0 aromatic carbocycles. The summed E-state index contributed by atoms with van der Waals surface area (Å²) in [5, 5.41) is 8.89. The molecule has 0 atom stereocenters. The van der Waals surface area contributed by atoms with Crippen molar-refractivity contribution in [2.75, 3.05) is 18.0 Å². The Hall–Kier alpha value is -1.89. The number of hydrogen-bond acceptors (Lipinski definition) is 4. The van der Waals surface area contributed by atoms with Crippen LogP contribution >= 0.6 is 0 Å². The van der Waals surface area contributed by atoms with Crippen LogP contribution in [0.2, 0.25) is 0 Å². The van der Waals surface area contributed by atoms with Gasteiger partial charge in [-0.3, -0.25) is 4.79 Å². The number of nitriles is 1. The summed E-state index contributed by atoms with van der Waals surface area (Å²) in [5.74, 6) is 0.231. The third-order valence-electron chi connectivity index (χ3n) is 2.48. The normalized spacial score (nSPS) is 16.2. The number of piperidine rings is 1. The lowest BCUT2D eigenvalue weighted by atomic mass is 10.1. The minimum absolute atomic E-state index is 0.231. The number of hydrogen-bond donors (Lipinski definition) is 0. The van der Waals surface area contributed by atoms with Crippen LogP contribution in [0, 0.1) is 11.3 Å². The highest BCUT2D eigenvalue weighted by molar-refractivity contribution is 5.85. The van der Waals surface area contributed by atoms with Crippen molar-refractivity contribution in [3.05, 3.63) is 24.0 Å². The number of carbonyl (C=O) groups excluding carboxylic acids is 1. The molecular weight excluding hydrogens is 190 g/mol. The van der Waals surface area contributed by atoms with Gasteiger partial charge >= 0.3 is 0 Å². The van der Waals surface area contributed by atoms with Gasteiger partial charge in [0.05, 0.1) is 12.2 Å². The highest BCUT2D eigenvalue weighted by Gasteiger charge is 2.19. The largest absolute Gasteiger partial charge is 0.362 e. The van der Waals surface area contributed by atoms with Crippen molar-refractivity contribution in [3.63, 3.8) is 0 Å². The van der Waals surface area contributed by atoms with Gasteiger partial charge in [0.15, 0.2) is 11.5 Å². The second-order valence-electron chi connectivity index (χ2n) is 3.55. The number of Topliss-reactive ketones (excluding diaryl/α,β-unsaturated/α-hetero) is 1. The third kappa shape index (κ3) is 1.96. The van der Waals surface area contributed by atoms with E-state index in [1.54, 1.807) is 12.3 Å². The zero-order valence-electron chi connectivity index (χ0n) is 8.31. The van der Waals surface area contributed by atoms with Crippen LogP contribution in [-0.4, -0.2) is 23.9 Å². The summed E-state index contributed by atoms with van der Waals surface area (Å²) in [6, 6.07) is 5.67. The molecule has 0 aliphatic carbocycles. The van der Waals surface area contributed by atoms with Crippen molar-refractivity contribution in [1.82, 2.24) is 4.98 Å². The minimum atomic E-state index is 0.231. The summed E-state index contributed by atoms with van der Waals surface area (Å²) in [6.07, 6.45) is 3.10. The number of nitrogens with zero attached hydrogens (tertiary/aromatic N) is 3. The van der Waals surface area contributed by atoms with Crippen molar-refractivity contribution >= 4 is 11.5 Å². The molecule has 0 saturated carbocycles. The average molecular weight is 201 g/mol. The Morgan fingerprint density at radius 2 is 2.40 bits per heavy atom. The molecule has 15 heavy (non-hydrogen) atoms. The fraction of sp³-hybridized carbons (Fsp3) is 0.364. The van der Waals surface area contributed by atoms with Crippen LogP contribution in [0.25, 0.3) is 0 Å². The lowest BCUT2D eigenvalue weighted by Crippen LogP contribution is -2.36. The number of carbonyl (C=O) groups is 1. The van der Waals surface area contributed by atoms with Crippen LogP contribution in [0.15, 0.2) is 18.3 Å². The summed E-state index contributed by atoms with van der Waals surface area (Å²) < 4.78 is 0. The maximum Gasteiger partial charge on any atom is 0.163 e. The van der Waals surface area contributed by atoms with E-state index in [9.17, 15) is 4.79 Å². The Morgan fingerprint density at radius 3 is 3.13 bits per heavy atom. The van der Waals surface area contributed by atoms with Gasteiger partial charge in [-0.15, -0.1) is 0 Å². The zero-order chi connectivity index (χ0) is 10.7. The molecule has 1 aliphatic heterocycles. The second-order valence-corrected chi connectivity index (χ2v) is 3.55. The Morgan fingerprint density at radius 1 is 1.53 bits per heavy atom. The van der Waals surface area contributed by atoms with E-state index in [0.717, 1.165) is 18.7 Å². The van der Waals surface area contributed by atoms with Gasteiger partial charge in [0, 0.05) is 19.2 Å². The van der Waals surface area contributed by atoms with Crippen LogP contribution in [0.3, 0.4) is 0 Å². The standard InChI is InChI=1S/C11H11N3O/c12-7-10-11(4-1-5-13-10)14-6-2-3-9(15)8-14/h1,4-5H,2-3,6,8H2. The molecule has 76 valence electrons. The molecular formula is C11H11N3O. The van der Waals surface area contributed by atoms with Gasteiger partial charge in [-0.05, 0) is 18.6 Å². The fourth-order valence-corrected chi connectivity index (χ4v) is 1.78. The van der Waals surface area contributed by atoms with Crippen LogP contribution in [0.4, 0.5) is 5.69 Å². The number of pyridine rings is 1. The van der Waals surface area contributed by atoms with E-state index in [-0.39, 0.29) is 5.78 Å². The monoisotopic (exact) mass is 201 g/mol. The van der Waals surface area contributed by atoms with Gasteiger partial charge < -0.3 is 4.90 Å².